The Morgan fingerprint density at radius 3 is 2.20 bits per heavy atom. The molecular weight excluding hydrogens is 398 g/mol. The van der Waals surface area contributed by atoms with Crippen molar-refractivity contribution < 1.29 is 4.79 Å². The van der Waals surface area contributed by atoms with Crippen LogP contribution >= 0.6 is 0 Å². The summed E-state index contributed by atoms with van der Waals surface area (Å²) in [4.78, 5) is 12.3. The lowest BCUT2D eigenvalue weighted by Gasteiger charge is -2.53. The first-order valence-electron chi connectivity index (χ1n) is 11.2. The summed E-state index contributed by atoms with van der Waals surface area (Å²) >= 11 is 0. The Labute approximate surface area is 183 Å². The van der Waals surface area contributed by atoms with Crippen molar-refractivity contribution in [2.45, 2.75) is 72.1 Å². The quantitative estimate of drug-likeness (QED) is 0.678. The Hall–Kier alpha value is -1.92. The molecule has 0 radical (unpaired) electrons. The zero-order valence-electron chi connectivity index (χ0n) is 19.8. The molecule has 2 N–H and O–H groups in total. The van der Waals surface area contributed by atoms with Crippen molar-refractivity contribution in [3.05, 3.63) is 52.1 Å². The molecule has 2 nitrogen and oxygen atoms in total. The third-order valence-electron chi connectivity index (χ3n) is 7.94. The fourth-order valence-corrected chi connectivity index (χ4v) is 16.2. The molecule has 0 spiro atoms. The van der Waals surface area contributed by atoms with Crippen molar-refractivity contribution >= 4 is 37.5 Å². The summed E-state index contributed by atoms with van der Waals surface area (Å²) in [6.45, 7) is 19.0. The van der Waals surface area contributed by atoms with E-state index >= 15 is 0 Å². The number of benzene rings is 2. The maximum Gasteiger partial charge on any atom is 0.248 e. The summed E-state index contributed by atoms with van der Waals surface area (Å²) in [5, 5.41) is 2.83. The predicted molar refractivity (Wildman–Crippen MR) is 135 cm³/mol. The maximum atomic E-state index is 12.3. The summed E-state index contributed by atoms with van der Waals surface area (Å²) in [6.07, 6.45) is 4.54. The molecule has 0 bridgehead atoms. The molecule has 1 amide bonds. The minimum atomic E-state index is -1.64. The van der Waals surface area contributed by atoms with Gasteiger partial charge in [-0.05, 0) is 57.3 Å². The highest BCUT2D eigenvalue weighted by Crippen LogP contribution is 2.41. The van der Waals surface area contributed by atoms with Crippen LogP contribution in [0.4, 0.5) is 0 Å². The average molecular weight is 434 g/mol. The molecule has 0 unspecified atom stereocenters. The molecule has 4 rings (SSSR count). The first kappa shape index (κ1) is 21.3. The Kier molecular flexibility index (Phi) is 4.65. The second kappa shape index (κ2) is 6.54. The van der Waals surface area contributed by atoms with Gasteiger partial charge in [-0.25, -0.2) is 0 Å². The van der Waals surface area contributed by atoms with Gasteiger partial charge in [0.15, 0.2) is 0 Å². The maximum absolute atomic E-state index is 12.3. The van der Waals surface area contributed by atoms with Crippen LogP contribution in [0.5, 0.6) is 0 Å². The van der Waals surface area contributed by atoms with Crippen molar-refractivity contribution in [2.24, 2.45) is 5.73 Å². The van der Waals surface area contributed by atoms with E-state index < -0.39 is 15.2 Å². The van der Waals surface area contributed by atoms with Gasteiger partial charge in [0, 0.05) is 5.56 Å². The van der Waals surface area contributed by atoms with Crippen LogP contribution in [0.15, 0.2) is 29.8 Å². The zero-order chi connectivity index (χ0) is 22.2. The molecule has 0 atom stereocenters. The van der Waals surface area contributed by atoms with Crippen molar-refractivity contribution in [2.75, 3.05) is 0 Å². The van der Waals surface area contributed by atoms with E-state index in [1.807, 2.05) is 6.07 Å². The highest BCUT2D eigenvalue weighted by Gasteiger charge is 2.57. The molecule has 1 aliphatic heterocycles. The van der Waals surface area contributed by atoms with Gasteiger partial charge < -0.3 is 5.73 Å². The number of rotatable bonds is 3. The van der Waals surface area contributed by atoms with E-state index in [0.717, 1.165) is 18.4 Å². The topological polar surface area (TPSA) is 43.1 Å². The number of nitrogens with two attached hydrogens (primary N) is 1. The highest BCUT2D eigenvalue weighted by atomic mass is 29.3. The highest BCUT2D eigenvalue weighted by molar-refractivity contribution is 7.57. The number of carbonyl (C=O) groups excluding carboxylic acids is 1. The van der Waals surface area contributed by atoms with Crippen LogP contribution in [0.2, 0.25) is 26.2 Å². The second-order valence-corrected chi connectivity index (χ2v) is 26.2. The van der Waals surface area contributed by atoms with Gasteiger partial charge in [-0.15, -0.1) is 0 Å². The molecule has 0 saturated heterocycles. The summed E-state index contributed by atoms with van der Waals surface area (Å²) < 4.78 is 0. The van der Waals surface area contributed by atoms with E-state index in [1.165, 1.54) is 43.8 Å². The van der Waals surface area contributed by atoms with E-state index in [9.17, 15) is 4.79 Å². The van der Waals surface area contributed by atoms with Crippen LogP contribution in [0.25, 0.3) is 17.2 Å². The predicted octanol–water partition coefficient (Wildman–Crippen LogP) is 5.02. The first-order valence-corrected chi connectivity index (χ1v) is 18.2. The molecule has 2 aliphatic rings. The lowest BCUT2D eigenvalue weighted by molar-refractivity contribution is 0.100. The minimum absolute atomic E-state index is 0.0911. The largest absolute Gasteiger partial charge is 0.366 e. The normalized spacial score (nSPS) is 18.3. The van der Waals surface area contributed by atoms with Crippen LogP contribution in [0, 0.1) is 0 Å². The molecule has 1 aliphatic carbocycles. The fraction of sp³-hybridized carbons (Fsp3) is 0.423. The van der Waals surface area contributed by atoms with Crippen LogP contribution < -0.4 is 16.1 Å². The van der Waals surface area contributed by atoms with Crippen molar-refractivity contribution in [1.82, 2.24) is 0 Å². The number of carbonyl (C=O) groups is 1. The fourth-order valence-electron chi connectivity index (χ4n) is 5.31. The van der Waals surface area contributed by atoms with Gasteiger partial charge in [-0.3, -0.25) is 4.79 Å². The van der Waals surface area contributed by atoms with Crippen molar-refractivity contribution in [3.8, 4) is 11.1 Å². The minimum Gasteiger partial charge on any atom is -0.366 e. The van der Waals surface area contributed by atoms with E-state index in [0.29, 0.717) is 0 Å². The van der Waals surface area contributed by atoms with E-state index in [2.05, 4.69) is 78.2 Å². The molecule has 30 heavy (non-hydrogen) atoms. The Bertz CT molecular complexity index is 1120. The summed E-state index contributed by atoms with van der Waals surface area (Å²) in [7, 11) is -3.25. The monoisotopic (exact) mass is 433 g/mol. The lowest BCUT2D eigenvalue weighted by Crippen LogP contribution is -2.86. The number of hydrogen-bond acceptors (Lipinski definition) is 1. The number of allylic oxidation sites excluding steroid dienone is 1. The van der Waals surface area contributed by atoms with Crippen LogP contribution in [-0.4, -0.2) is 21.1 Å². The zero-order valence-corrected chi connectivity index (χ0v) is 21.8. The number of amides is 1. The summed E-state index contributed by atoms with van der Waals surface area (Å²) in [5.41, 5.74) is 15.2. The molecule has 0 aromatic heterocycles. The molecule has 4 heteroatoms. The summed E-state index contributed by atoms with van der Waals surface area (Å²) in [6, 6.07) is 9.03. The molecule has 0 fully saturated rings. The summed E-state index contributed by atoms with van der Waals surface area (Å²) in [5.74, 6) is -0.272. The van der Waals surface area contributed by atoms with E-state index in [-0.39, 0.29) is 11.3 Å². The second-order valence-electron chi connectivity index (χ2n) is 11.2. The van der Waals surface area contributed by atoms with Crippen LogP contribution in [0.3, 0.4) is 0 Å². The van der Waals surface area contributed by atoms with E-state index in [1.54, 1.807) is 0 Å². The Morgan fingerprint density at radius 2 is 1.63 bits per heavy atom. The van der Waals surface area contributed by atoms with Gasteiger partial charge in [0.25, 0.3) is 0 Å². The van der Waals surface area contributed by atoms with Crippen molar-refractivity contribution in [3.63, 3.8) is 0 Å². The Morgan fingerprint density at radius 1 is 1.00 bits per heavy atom. The number of primary amides is 1. The average Bonchev–Trinajstić information content (AvgIpc) is 3.08. The molecule has 1 heterocycles. The third-order valence-corrected chi connectivity index (χ3v) is 25.7. The van der Waals surface area contributed by atoms with Crippen LogP contribution in [0.1, 0.15) is 61.2 Å². The molecule has 2 aromatic rings. The van der Waals surface area contributed by atoms with Gasteiger partial charge >= 0.3 is 0 Å². The van der Waals surface area contributed by atoms with Gasteiger partial charge in [-0.1, -0.05) is 88.9 Å². The molecule has 158 valence electrons. The first-order chi connectivity index (χ1) is 13.8. The van der Waals surface area contributed by atoms with Gasteiger partial charge in [-0.2, -0.15) is 0 Å². The SMILES string of the molecule is CCC1=Cc2cc(C(C)(C)C)cc(-c3ccc(C(N)=O)c4c3[Si](C)(C)[Si]4(C)C)c2C1. The number of hydrogen-bond donors (Lipinski definition) is 1. The van der Waals surface area contributed by atoms with Gasteiger partial charge in [0.2, 0.25) is 5.91 Å². The lowest BCUT2D eigenvalue weighted by atomic mass is 9.82. The molecule has 0 saturated carbocycles. The molecule has 2 aromatic carbocycles. The molecular formula is C26H35NOSi2. The standard InChI is InChI=1S/C26H35NOSi2/c1-9-16-12-17-14-18(26(2,3)4)15-22(21(17)13-16)19-10-11-20(25(27)28)24-23(19)29(5,6)30(24,7)8/h10-12,14-15H,9,13H2,1-8H3,(H2,27,28). The third kappa shape index (κ3) is 2.84. The van der Waals surface area contributed by atoms with E-state index in [4.69, 9.17) is 5.73 Å². The van der Waals surface area contributed by atoms with Gasteiger partial charge in [0.1, 0.15) is 0 Å². The van der Waals surface area contributed by atoms with Gasteiger partial charge in [0.05, 0.1) is 15.2 Å². The Balaban J connectivity index is 2.04. The number of fused-ring (bicyclic) bond motifs is 2. The smallest absolute Gasteiger partial charge is 0.248 e. The van der Waals surface area contributed by atoms with Crippen LogP contribution in [-0.2, 0) is 11.8 Å². The van der Waals surface area contributed by atoms with Crippen molar-refractivity contribution in [1.29, 1.82) is 0 Å².